The molecule has 0 atom stereocenters. The molecule has 1 rings (SSSR count). The van der Waals surface area contributed by atoms with Crippen molar-refractivity contribution in [2.45, 2.75) is 5.75 Å². The van der Waals surface area contributed by atoms with Gasteiger partial charge in [-0.05, 0) is 6.07 Å². The van der Waals surface area contributed by atoms with E-state index in [4.69, 9.17) is 0 Å². The summed E-state index contributed by atoms with van der Waals surface area (Å²) < 4.78 is 39.0. The van der Waals surface area contributed by atoms with E-state index in [1.165, 1.54) is 18.2 Å². The minimum absolute atomic E-state index is 0.115. The van der Waals surface area contributed by atoms with Gasteiger partial charge in [-0.3, -0.25) is 4.18 Å². The molecule has 0 aliphatic rings. The molecule has 0 spiro atoms. The highest BCUT2D eigenvalue weighted by Crippen LogP contribution is 2.10. The molecule has 0 N–H and O–H groups in total. The van der Waals surface area contributed by atoms with Crippen molar-refractivity contribution in [3.63, 3.8) is 0 Å². The molecule has 0 bridgehead atoms. The molecule has 0 amide bonds. The summed E-state index contributed by atoms with van der Waals surface area (Å²) in [6.45, 7) is 0. The van der Waals surface area contributed by atoms with E-state index in [0.29, 0.717) is 0 Å². The highest BCUT2D eigenvalue weighted by atomic mass is 32.2. The van der Waals surface area contributed by atoms with E-state index in [2.05, 4.69) is 4.18 Å². The van der Waals surface area contributed by atoms with Crippen LogP contribution < -0.4 is 0 Å². The summed E-state index contributed by atoms with van der Waals surface area (Å²) in [5, 5.41) is 0. The van der Waals surface area contributed by atoms with Gasteiger partial charge in [-0.25, -0.2) is 4.39 Å². The first-order valence-electron chi connectivity index (χ1n) is 3.57. The molecular weight excluding hydrogens is 195 g/mol. The molecule has 1 aromatic carbocycles. The molecule has 0 aliphatic heterocycles. The van der Waals surface area contributed by atoms with Gasteiger partial charge in [-0.2, -0.15) is 8.42 Å². The Morgan fingerprint density at radius 3 is 2.54 bits per heavy atom. The van der Waals surface area contributed by atoms with E-state index in [0.717, 1.165) is 7.11 Å². The van der Waals surface area contributed by atoms with Gasteiger partial charge in [-0.1, -0.05) is 18.2 Å². The molecule has 0 saturated carbocycles. The predicted octanol–water partition coefficient (Wildman–Crippen LogP) is 1.30. The van der Waals surface area contributed by atoms with Gasteiger partial charge in [0.2, 0.25) is 0 Å². The lowest BCUT2D eigenvalue weighted by Gasteiger charge is -2.01. The Labute approximate surface area is 76.3 Å². The van der Waals surface area contributed by atoms with Gasteiger partial charge < -0.3 is 0 Å². The summed E-state index contributed by atoms with van der Waals surface area (Å²) in [7, 11) is -2.58. The van der Waals surface area contributed by atoms with Gasteiger partial charge in [0, 0.05) is 5.56 Å². The van der Waals surface area contributed by atoms with Crippen LogP contribution in [0.15, 0.2) is 24.3 Å². The maximum atomic E-state index is 12.9. The molecule has 0 aromatic heterocycles. The number of hydrogen-bond donors (Lipinski definition) is 0. The third kappa shape index (κ3) is 2.78. The minimum Gasteiger partial charge on any atom is -0.273 e. The van der Waals surface area contributed by atoms with E-state index >= 15 is 0 Å². The van der Waals surface area contributed by atoms with Gasteiger partial charge in [0.25, 0.3) is 10.1 Å². The van der Waals surface area contributed by atoms with Crippen LogP contribution in [0.2, 0.25) is 0 Å². The topological polar surface area (TPSA) is 43.4 Å². The van der Waals surface area contributed by atoms with Gasteiger partial charge in [0.05, 0.1) is 7.11 Å². The Kier molecular flexibility index (Phi) is 3.00. The maximum Gasteiger partial charge on any atom is 0.271 e. The lowest BCUT2D eigenvalue weighted by Crippen LogP contribution is -2.06. The quantitative estimate of drug-likeness (QED) is 0.697. The summed E-state index contributed by atoms with van der Waals surface area (Å²) in [4.78, 5) is 0. The van der Waals surface area contributed by atoms with Gasteiger partial charge in [0.1, 0.15) is 11.6 Å². The normalized spacial score (nSPS) is 11.5. The van der Waals surface area contributed by atoms with Crippen molar-refractivity contribution >= 4 is 10.1 Å². The number of hydrogen-bond acceptors (Lipinski definition) is 3. The van der Waals surface area contributed by atoms with Crippen molar-refractivity contribution in [1.29, 1.82) is 0 Å². The van der Waals surface area contributed by atoms with Crippen LogP contribution in [0.3, 0.4) is 0 Å². The molecule has 0 saturated heterocycles. The second-order valence-corrected chi connectivity index (χ2v) is 4.20. The Morgan fingerprint density at radius 2 is 2.00 bits per heavy atom. The fourth-order valence-electron chi connectivity index (χ4n) is 0.865. The zero-order chi connectivity index (χ0) is 9.90. The fourth-order valence-corrected chi connectivity index (χ4v) is 1.60. The molecular formula is C8H9FO3S. The van der Waals surface area contributed by atoms with Gasteiger partial charge in [-0.15, -0.1) is 0 Å². The summed E-state index contributed by atoms with van der Waals surface area (Å²) in [6, 6.07) is 5.69. The SMILES string of the molecule is COS(=O)(=O)Cc1ccccc1F. The summed E-state index contributed by atoms with van der Waals surface area (Å²) in [5.74, 6) is -0.973. The first-order chi connectivity index (χ1) is 6.05. The second-order valence-electron chi connectivity index (χ2n) is 2.46. The number of benzene rings is 1. The van der Waals surface area contributed by atoms with Crippen LogP contribution in [0.4, 0.5) is 4.39 Å². The van der Waals surface area contributed by atoms with E-state index in [1.54, 1.807) is 6.07 Å². The Bertz CT molecular complexity index is 386. The fraction of sp³-hybridized carbons (Fsp3) is 0.250. The van der Waals surface area contributed by atoms with E-state index in [9.17, 15) is 12.8 Å². The highest BCUT2D eigenvalue weighted by Gasteiger charge is 2.12. The number of halogens is 1. The summed E-state index contributed by atoms with van der Waals surface area (Å²) in [5.41, 5.74) is 0.115. The lowest BCUT2D eigenvalue weighted by atomic mass is 10.2. The number of rotatable bonds is 3. The van der Waals surface area contributed by atoms with E-state index < -0.39 is 21.7 Å². The van der Waals surface area contributed by atoms with Crippen LogP contribution in [-0.4, -0.2) is 15.5 Å². The molecule has 0 radical (unpaired) electrons. The molecule has 5 heteroatoms. The van der Waals surface area contributed by atoms with Crippen molar-refractivity contribution in [2.75, 3.05) is 7.11 Å². The molecule has 0 fully saturated rings. The summed E-state index contributed by atoms with van der Waals surface area (Å²) in [6.07, 6.45) is 0. The molecule has 1 aromatic rings. The minimum atomic E-state index is -3.64. The third-order valence-electron chi connectivity index (χ3n) is 1.54. The second kappa shape index (κ2) is 3.85. The molecule has 3 nitrogen and oxygen atoms in total. The monoisotopic (exact) mass is 204 g/mol. The molecule has 0 heterocycles. The highest BCUT2D eigenvalue weighted by molar-refractivity contribution is 7.85. The van der Waals surface area contributed by atoms with Crippen LogP contribution in [0.1, 0.15) is 5.56 Å². The van der Waals surface area contributed by atoms with Crippen molar-refractivity contribution in [2.24, 2.45) is 0 Å². The summed E-state index contributed by atoms with van der Waals surface area (Å²) >= 11 is 0. The van der Waals surface area contributed by atoms with E-state index in [1.807, 2.05) is 0 Å². The standard InChI is InChI=1S/C8H9FO3S/c1-12-13(10,11)6-7-4-2-3-5-8(7)9/h2-5H,6H2,1H3. The van der Waals surface area contributed by atoms with Crippen molar-refractivity contribution in [3.05, 3.63) is 35.6 Å². The average molecular weight is 204 g/mol. The van der Waals surface area contributed by atoms with Crippen LogP contribution in [0, 0.1) is 5.82 Å². The van der Waals surface area contributed by atoms with Crippen molar-refractivity contribution in [3.8, 4) is 0 Å². The Balaban J connectivity index is 2.93. The van der Waals surface area contributed by atoms with Crippen molar-refractivity contribution < 1.29 is 17.0 Å². The largest absolute Gasteiger partial charge is 0.273 e. The first-order valence-corrected chi connectivity index (χ1v) is 5.14. The van der Waals surface area contributed by atoms with Crippen LogP contribution in [0.25, 0.3) is 0 Å². The molecule has 0 unspecified atom stereocenters. The van der Waals surface area contributed by atoms with Crippen LogP contribution >= 0.6 is 0 Å². The molecule has 0 aliphatic carbocycles. The van der Waals surface area contributed by atoms with Gasteiger partial charge >= 0.3 is 0 Å². The van der Waals surface area contributed by atoms with E-state index in [-0.39, 0.29) is 5.56 Å². The first kappa shape index (κ1) is 10.1. The third-order valence-corrected chi connectivity index (χ3v) is 2.72. The zero-order valence-electron chi connectivity index (χ0n) is 7.03. The van der Waals surface area contributed by atoms with Crippen LogP contribution in [-0.2, 0) is 20.1 Å². The van der Waals surface area contributed by atoms with Crippen LogP contribution in [0.5, 0.6) is 0 Å². The predicted molar refractivity (Wildman–Crippen MR) is 46.0 cm³/mol. The smallest absolute Gasteiger partial charge is 0.271 e. The molecule has 13 heavy (non-hydrogen) atoms. The average Bonchev–Trinajstić information content (AvgIpc) is 2.09. The Morgan fingerprint density at radius 1 is 1.38 bits per heavy atom. The lowest BCUT2D eigenvalue weighted by molar-refractivity contribution is 0.396. The van der Waals surface area contributed by atoms with Gasteiger partial charge in [0.15, 0.2) is 0 Å². The van der Waals surface area contributed by atoms with Crippen molar-refractivity contribution in [1.82, 2.24) is 0 Å². The maximum absolute atomic E-state index is 12.9. The molecule has 72 valence electrons. The zero-order valence-corrected chi connectivity index (χ0v) is 7.84. The Hall–Kier alpha value is -0.940.